The van der Waals surface area contributed by atoms with Crippen molar-refractivity contribution < 1.29 is 45.1 Å². The van der Waals surface area contributed by atoms with E-state index in [1.807, 2.05) is 6.07 Å². The van der Waals surface area contributed by atoms with Crippen molar-refractivity contribution in [2.45, 2.75) is 61.9 Å². The quantitative estimate of drug-likeness (QED) is 0.215. The van der Waals surface area contributed by atoms with Crippen LogP contribution in [0.4, 0.5) is 27.6 Å². The molecule has 0 spiro atoms. The lowest BCUT2D eigenvalue weighted by Crippen LogP contribution is -2.59. The zero-order chi connectivity index (χ0) is 31.1. The Morgan fingerprint density at radius 2 is 1.51 bits per heavy atom. The Balaban J connectivity index is 1.46. The average Bonchev–Trinajstić information content (AvgIpc) is 2.97. The molecule has 0 bridgehead atoms. The maximum Gasteiger partial charge on any atom is 0.354 e. The maximum atomic E-state index is 14.4. The summed E-state index contributed by atoms with van der Waals surface area (Å²) in [5.41, 5.74) is 1.16. The van der Waals surface area contributed by atoms with Crippen LogP contribution < -0.4 is 4.90 Å². The highest BCUT2D eigenvalue weighted by Crippen LogP contribution is 2.35. The van der Waals surface area contributed by atoms with Gasteiger partial charge in [0.15, 0.2) is 28.2 Å². The normalized spacial score (nSPS) is 17.8. The summed E-state index contributed by atoms with van der Waals surface area (Å²) in [5, 5.41) is 9.20. The van der Waals surface area contributed by atoms with E-state index in [2.05, 4.69) is 9.97 Å². The van der Waals surface area contributed by atoms with E-state index >= 15 is 0 Å². The number of aromatic carboxylic acids is 1. The number of rotatable bonds is 8. The van der Waals surface area contributed by atoms with Crippen LogP contribution in [0.15, 0.2) is 41.6 Å². The summed E-state index contributed by atoms with van der Waals surface area (Å²) < 4.78 is 96.7. The largest absolute Gasteiger partial charge is 0.477 e. The molecule has 9 nitrogen and oxygen atoms in total. The number of hydrogen-bond donors (Lipinski definition) is 1. The van der Waals surface area contributed by atoms with Gasteiger partial charge in [0, 0.05) is 12.7 Å². The molecule has 2 fully saturated rings. The Bertz CT molecular complexity index is 1640. The second-order valence-corrected chi connectivity index (χ2v) is 12.2. The number of sulfonamides is 1. The number of pyridine rings is 2. The van der Waals surface area contributed by atoms with E-state index in [0.29, 0.717) is 15.9 Å². The van der Waals surface area contributed by atoms with Crippen molar-refractivity contribution in [3.05, 3.63) is 82.7 Å². The number of hydrogen-bond acceptors (Lipinski definition) is 6. The van der Waals surface area contributed by atoms with Crippen LogP contribution in [0, 0.1) is 29.1 Å². The van der Waals surface area contributed by atoms with Gasteiger partial charge in [-0.1, -0.05) is 25.3 Å². The van der Waals surface area contributed by atoms with Crippen LogP contribution in [0.2, 0.25) is 0 Å². The average molecular weight is 625 g/mol. The zero-order valence-electron chi connectivity index (χ0n) is 22.4. The van der Waals surface area contributed by atoms with Gasteiger partial charge >= 0.3 is 5.97 Å². The lowest BCUT2D eigenvalue weighted by Gasteiger charge is -2.40. The number of carbonyl (C=O) groups excluding carboxylic acids is 1. The molecule has 1 saturated heterocycles. The van der Waals surface area contributed by atoms with Crippen molar-refractivity contribution in [1.82, 2.24) is 14.3 Å². The monoisotopic (exact) mass is 624 g/mol. The number of amides is 1. The number of carboxylic acids is 1. The number of aromatic nitrogens is 2. The van der Waals surface area contributed by atoms with Gasteiger partial charge in [0.2, 0.25) is 21.7 Å². The minimum absolute atomic E-state index is 0.0636. The molecular weight excluding hydrogens is 599 g/mol. The smallest absolute Gasteiger partial charge is 0.354 e. The van der Waals surface area contributed by atoms with E-state index in [0.717, 1.165) is 48.4 Å². The molecule has 1 saturated carbocycles. The summed E-state index contributed by atoms with van der Waals surface area (Å²) in [6.07, 6.45) is 8.11. The number of anilines is 1. The van der Waals surface area contributed by atoms with Crippen LogP contribution in [0.25, 0.3) is 0 Å². The van der Waals surface area contributed by atoms with E-state index < -0.39 is 68.5 Å². The molecule has 0 radical (unpaired) electrons. The molecule has 228 valence electrons. The highest BCUT2D eigenvalue weighted by molar-refractivity contribution is 7.89. The van der Waals surface area contributed by atoms with Crippen molar-refractivity contribution >= 4 is 27.6 Å². The van der Waals surface area contributed by atoms with Gasteiger partial charge in [-0.25, -0.2) is 40.1 Å². The molecule has 1 aliphatic heterocycles. The second kappa shape index (κ2) is 12.0. The summed E-state index contributed by atoms with van der Waals surface area (Å²) in [7, 11) is -5.36. The van der Waals surface area contributed by atoms with Gasteiger partial charge in [0.05, 0.1) is 24.1 Å². The topological polar surface area (TPSA) is 121 Å². The van der Waals surface area contributed by atoms with Gasteiger partial charge in [-0.15, -0.1) is 0 Å². The van der Waals surface area contributed by atoms with Crippen LogP contribution in [0.1, 0.15) is 66.2 Å². The van der Waals surface area contributed by atoms with Crippen LogP contribution >= 0.6 is 0 Å². The lowest BCUT2D eigenvalue weighted by molar-refractivity contribution is -0.125. The highest BCUT2D eigenvalue weighted by Gasteiger charge is 2.48. The summed E-state index contributed by atoms with van der Waals surface area (Å²) in [5.74, 6) is -14.3. The third-order valence-corrected chi connectivity index (χ3v) is 9.71. The molecule has 5 rings (SSSR count). The molecule has 2 aliphatic rings. The fourth-order valence-electron chi connectivity index (χ4n) is 5.34. The Morgan fingerprint density at radius 3 is 2.02 bits per heavy atom. The molecule has 1 amide bonds. The van der Waals surface area contributed by atoms with Gasteiger partial charge in [-0.2, -0.15) is 4.31 Å². The lowest BCUT2D eigenvalue weighted by atomic mass is 9.85. The van der Waals surface area contributed by atoms with Crippen LogP contribution in [0.3, 0.4) is 0 Å². The third kappa shape index (κ3) is 5.70. The predicted octanol–water partition coefficient (Wildman–Crippen LogP) is 4.91. The Kier molecular flexibility index (Phi) is 8.47. The Hall–Kier alpha value is -3.98. The highest BCUT2D eigenvalue weighted by atomic mass is 32.2. The Labute approximate surface area is 243 Å². The van der Waals surface area contributed by atoms with Gasteiger partial charge in [-0.3, -0.25) is 9.78 Å². The SMILES string of the molecule is O=C(O)c1ccc(N(Cc2ccc(C3CCCCC3)cn2)C(=O)[C@H]2CCN2S(=O)(=O)c2c(F)c(F)c(F)c(F)c2F)cn1. The summed E-state index contributed by atoms with van der Waals surface area (Å²) in [6.45, 7) is -0.651. The van der Waals surface area contributed by atoms with Gasteiger partial charge in [0.1, 0.15) is 11.7 Å². The molecular formula is C28H25F5N4O5S. The van der Waals surface area contributed by atoms with Gasteiger partial charge in [0.25, 0.3) is 0 Å². The van der Waals surface area contributed by atoms with Gasteiger partial charge < -0.3 is 10.0 Å². The van der Waals surface area contributed by atoms with Crippen molar-refractivity contribution in [2.75, 3.05) is 11.4 Å². The number of benzene rings is 1. The van der Waals surface area contributed by atoms with Crippen molar-refractivity contribution in [3.8, 4) is 0 Å². The fraction of sp³-hybridized carbons (Fsp3) is 0.357. The predicted molar refractivity (Wildman–Crippen MR) is 141 cm³/mol. The number of halogens is 5. The van der Waals surface area contributed by atoms with Crippen molar-refractivity contribution in [2.24, 2.45) is 0 Å². The van der Waals surface area contributed by atoms with E-state index in [-0.39, 0.29) is 24.3 Å². The molecule has 15 heteroatoms. The molecule has 1 aromatic carbocycles. The maximum absolute atomic E-state index is 14.4. The summed E-state index contributed by atoms with van der Waals surface area (Å²) in [6, 6.07) is 4.41. The third-order valence-electron chi connectivity index (χ3n) is 7.78. The van der Waals surface area contributed by atoms with E-state index in [4.69, 9.17) is 0 Å². The second-order valence-electron chi connectivity index (χ2n) is 10.4. The molecule has 1 N–H and O–H groups in total. The molecule has 3 aromatic rings. The zero-order valence-corrected chi connectivity index (χ0v) is 23.3. The minimum Gasteiger partial charge on any atom is -0.477 e. The first-order valence-electron chi connectivity index (χ1n) is 13.4. The number of carbonyl (C=O) groups is 2. The minimum atomic E-state index is -5.36. The van der Waals surface area contributed by atoms with Gasteiger partial charge in [-0.05, 0) is 48.9 Å². The summed E-state index contributed by atoms with van der Waals surface area (Å²) >= 11 is 0. The number of nitrogens with zero attached hydrogens (tertiary/aromatic N) is 4. The molecule has 1 atom stereocenters. The van der Waals surface area contributed by atoms with E-state index in [9.17, 15) is 45.1 Å². The van der Waals surface area contributed by atoms with Crippen molar-refractivity contribution in [1.29, 1.82) is 0 Å². The molecule has 3 heterocycles. The van der Waals surface area contributed by atoms with Crippen LogP contribution in [0.5, 0.6) is 0 Å². The first-order valence-corrected chi connectivity index (χ1v) is 14.8. The van der Waals surface area contributed by atoms with Crippen LogP contribution in [-0.2, 0) is 21.4 Å². The molecule has 2 aromatic heterocycles. The van der Waals surface area contributed by atoms with Crippen molar-refractivity contribution in [3.63, 3.8) is 0 Å². The van der Waals surface area contributed by atoms with E-state index in [1.54, 1.807) is 12.3 Å². The fourth-order valence-corrected chi connectivity index (χ4v) is 7.09. The number of carboxylic acid groups (broad SMARTS) is 1. The van der Waals surface area contributed by atoms with E-state index in [1.165, 1.54) is 12.5 Å². The standard InChI is InChI=1S/C28H25F5N4O5S/c29-21-22(30)24(32)26(25(33)23(21)31)43(41,42)37-11-10-20(37)27(38)36(18-8-9-19(28(39)40)35-13-18)14-17-7-6-16(12-34-17)15-4-2-1-3-5-15/h6-9,12-13,15,20H,1-5,10-11,14H2,(H,39,40)/t20-/m1/s1. The Morgan fingerprint density at radius 1 is 0.860 bits per heavy atom. The molecule has 43 heavy (non-hydrogen) atoms. The summed E-state index contributed by atoms with van der Waals surface area (Å²) in [4.78, 5) is 32.3. The van der Waals surface area contributed by atoms with Crippen LogP contribution in [-0.4, -0.2) is 52.3 Å². The molecule has 1 aliphatic carbocycles. The molecule has 0 unspecified atom stereocenters. The first-order chi connectivity index (χ1) is 20.4. The first kappa shape index (κ1) is 30.5.